The fourth-order valence-electron chi connectivity index (χ4n) is 2.89. The highest BCUT2D eigenvalue weighted by molar-refractivity contribution is 9.10. The largest absolute Gasteiger partial charge is 0.481 e. The van der Waals surface area contributed by atoms with Crippen LogP contribution in [0.2, 0.25) is 0 Å². The van der Waals surface area contributed by atoms with Crippen LogP contribution in [0.25, 0.3) is 0 Å². The molecule has 2 heterocycles. The van der Waals surface area contributed by atoms with E-state index in [1.807, 2.05) is 19.9 Å². The molecule has 1 aliphatic rings. The Morgan fingerprint density at radius 3 is 2.71 bits per heavy atom. The molecule has 2 unspecified atom stereocenters. The van der Waals surface area contributed by atoms with E-state index < -0.39 is 17.9 Å². The molecule has 1 saturated heterocycles. The first kappa shape index (κ1) is 15.9. The summed E-state index contributed by atoms with van der Waals surface area (Å²) < 4.78 is 0.828. The summed E-state index contributed by atoms with van der Waals surface area (Å²) in [5.74, 6) is -1.49. The predicted octanol–water partition coefficient (Wildman–Crippen LogP) is 3.01. The van der Waals surface area contributed by atoms with E-state index in [0.29, 0.717) is 25.0 Å². The van der Waals surface area contributed by atoms with Gasteiger partial charge in [0.2, 0.25) is 5.91 Å². The van der Waals surface area contributed by atoms with Gasteiger partial charge in [-0.15, -0.1) is 0 Å². The van der Waals surface area contributed by atoms with Crippen LogP contribution >= 0.6 is 15.9 Å². The van der Waals surface area contributed by atoms with E-state index in [9.17, 15) is 14.7 Å². The maximum atomic E-state index is 12.4. The van der Waals surface area contributed by atoms with E-state index in [4.69, 9.17) is 0 Å². The second kappa shape index (κ2) is 6.56. The average molecular weight is 355 g/mol. The van der Waals surface area contributed by atoms with Gasteiger partial charge in [-0.05, 0) is 54.8 Å². The van der Waals surface area contributed by atoms with Gasteiger partial charge in [0.1, 0.15) is 0 Å². The summed E-state index contributed by atoms with van der Waals surface area (Å²) in [5, 5.41) is 9.56. The van der Waals surface area contributed by atoms with Crippen molar-refractivity contribution in [1.29, 1.82) is 0 Å². The lowest BCUT2D eigenvalue weighted by molar-refractivity contribution is -0.147. The number of rotatable bonds is 3. The summed E-state index contributed by atoms with van der Waals surface area (Å²) in [4.78, 5) is 30.0. The number of carboxylic acid groups (broad SMARTS) is 1. The minimum Gasteiger partial charge on any atom is -0.481 e. The van der Waals surface area contributed by atoms with Crippen LogP contribution < -0.4 is 0 Å². The fourth-order valence-corrected chi connectivity index (χ4v) is 3.12. The van der Waals surface area contributed by atoms with Crippen LogP contribution in [0.3, 0.4) is 0 Å². The highest BCUT2D eigenvalue weighted by atomic mass is 79.9. The second-order valence-corrected chi connectivity index (χ2v) is 6.49. The van der Waals surface area contributed by atoms with Crippen molar-refractivity contribution < 1.29 is 14.7 Å². The molecule has 0 saturated carbocycles. The number of amides is 1. The first-order valence-electron chi connectivity index (χ1n) is 7.07. The molecule has 0 aliphatic carbocycles. The molecule has 1 N–H and O–H groups in total. The van der Waals surface area contributed by atoms with Crippen molar-refractivity contribution in [2.75, 3.05) is 0 Å². The number of likely N-dealkylation sites (tertiary alicyclic amines) is 1. The van der Waals surface area contributed by atoms with Crippen molar-refractivity contribution in [2.24, 2.45) is 5.92 Å². The van der Waals surface area contributed by atoms with Crippen LogP contribution in [0, 0.1) is 5.92 Å². The number of aromatic nitrogens is 1. The van der Waals surface area contributed by atoms with Gasteiger partial charge in [0.05, 0.1) is 17.7 Å². The fraction of sp³-hybridized carbons (Fsp3) is 0.533. The third-order valence-electron chi connectivity index (χ3n) is 3.80. The van der Waals surface area contributed by atoms with Gasteiger partial charge in [-0.3, -0.25) is 14.6 Å². The molecule has 2 rings (SSSR count). The molecule has 1 aromatic heterocycles. The molecule has 21 heavy (non-hydrogen) atoms. The summed E-state index contributed by atoms with van der Waals surface area (Å²) in [5.41, 5.74) is 0.634. The zero-order chi connectivity index (χ0) is 15.6. The molecule has 0 aromatic carbocycles. The number of hydrogen-bond donors (Lipinski definition) is 1. The maximum absolute atomic E-state index is 12.4. The smallest absolute Gasteiger partial charge is 0.309 e. The van der Waals surface area contributed by atoms with E-state index in [1.165, 1.54) is 0 Å². The monoisotopic (exact) mass is 354 g/mol. The average Bonchev–Trinajstić information content (AvgIpc) is 2.58. The molecular formula is C15H19BrN2O3. The number of carbonyl (C=O) groups is 2. The highest BCUT2D eigenvalue weighted by Gasteiger charge is 2.40. The normalized spacial score (nSPS) is 23.2. The Hall–Kier alpha value is -1.43. The first-order chi connectivity index (χ1) is 9.91. The lowest BCUT2D eigenvalue weighted by atomic mass is 9.91. The third kappa shape index (κ3) is 3.43. The van der Waals surface area contributed by atoms with Crippen molar-refractivity contribution >= 4 is 27.8 Å². The van der Waals surface area contributed by atoms with E-state index in [2.05, 4.69) is 20.9 Å². The summed E-state index contributed by atoms with van der Waals surface area (Å²) in [6.07, 6.45) is 3.13. The molecule has 1 aliphatic heterocycles. The Morgan fingerprint density at radius 2 is 2.19 bits per heavy atom. The van der Waals surface area contributed by atoms with E-state index in [-0.39, 0.29) is 11.9 Å². The number of hydrogen-bond acceptors (Lipinski definition) is 3. The SMILES string of the molecule is CC(C)N1C(=O)CCCC(C(=O)O)C1c1ccc(Br)cn1. The molecule has 0 bridgehead atoms. The maximum Gasteiger partial charge on any atom is 0.309 e. The van der Waals surface area contributed by atoms with Gasteiger partial charge in [-0.2, -0.15) is 0 Å². The molecule has 0 spiro atoms. The topological polar surface area (TPSA) is 70.5 Å². The van der Waals surface area contributed by atoms with Crippen LogP contribution in [0.1, 0.15) is 44.8 Å². The molecule has 0 radical (unpaired) electrons. The van der Waals surface area contributed by atoms with Crippen molar-refractivity contribution in [3.63, 3.8) is 0 Å². The van der Waals surface area contributed by atoms with Gasteiger partial charge >= 0.3 is 5.97 Å². The summed E-state index contributed by atoms with van der Waals surface area (Å²) in [6, 6.07) is 3.05. The second-order valence-electron chi connectivity index (χ2n) is 5.58. The Kier molecular flexibility index (Phi) is 4.98. The minimum atomic E-state index is -0.870. The number of carboxylic acids is 1. The zero-order valence-electron chi connectivity index (χ0n) is 12.1. The Bertz CT molecular complexity index is 530. The number of nitrogens with zero attached hydrogens (tertiary/aromatic N) is 2. The first-order valence-corrected chi connectivity index (χ1v) is 7.86. The Morgan fingerprint density at radius 1 is 1.48 bits per heavy atom. The number of halogens is 1. The third-order valence-corrected chi connectivity index (χ3v) is 4.27. The molecule has 5 nitrogen and oxygen atoms in total. The Labute approximate surface area is 132 Å². The van der Waals surface area contributed by atoms with Gasteiger partial charge in [0, 0.05) is 23.1 Å². The summed E-state index contributed by atoms with van der Waals surface area (Å²) in [6.45, 7) is 3.82. The van der Waals surface area contributed by atoms with Crippen LogP contribution in [0.5, 0.6) is 0 Å². The van der Waals surface area contributed by atoms with Gasteiger partial charge < -0.3 is 10.0 Å². The quantitative estimate of drug-likeness (QED) is 0.905. The molecule has 1 fully saturated rings. The standard InChI is InChI=1S/C15H19BrN2O3/c1-9(2)18-13(19)5-3-4-11(15(20)21)14(18)12-7-6-10(16)8-17-12/h6-9,11,14H,3-5H2,1-2H3,(H,20,21). The lowest BCUT2D eigenvalue weighted by Gasteiger charge is -2.36. The molecule has 1 amide bonds. The minimum absolute atomic E-state index is 0.00321. The summed E-state index contributed by atoms with van der Waals surface area (Å²) in [7, 11) is 0. The molecule has 6 heteroatoms. The molecular weight excluding hydrogens is 336 g/mol. The van der Waals surface area contributed by atoms with E-state index >= 15 is 0 Å². The van der Waals surface area contributed by atoms with Crippen LogP contribution in [-0.2, 0) is 9.59 Å². The van der Waals surface area contributed by atoms with E-state index in [1.54, 1.807) is 17.2 Å². The molecule has 1 aromatic rings. The molecule has 114 valence electrons. The van der Waals surface area contributed by atoms with Crippen LogP contribution in [0.4, 0.5) is 0 Å². The highest BCUT2D eigenvalue weighted by Crippen LogP contribution is 2.36. The van der Waals surface area contributed by atoms with Crippen molar-refractivity contribution in [3.8, 4) is 0 Å². The lowest BCUT2D eigenvalue weighted by Crippen LogP contribution is -2.43. The van der Waals surface area contributed by atoms with Crippen molar-refractivity contribution in [1.82, 2.24) is 9.88 Å². The molecule has 2 atom stereocenters. The van der Waals surface area contributed by atoms with E-state index in [0.717, 1.165) is 4.47 Å². The number of pyridine rings is 1. The number of carbonyl (C=O) groups excluding carboxylic acids is 1. The Balaban J connectivity index is 2.50. The van der Waals surface area contributed by atoms with Gasteiger partial charge in [-0.1, -0.05) is 0 Å². The summed E-state index contributed by atoms with van der Waals surface area (Å²) >= 11 is 3.33. The van der Waals surface area contributed by atoms with Crippen LogP contribution in [-0.4, -0.2) is 32.9 Å². The van der Waals surface area contributed by atoms with Crippen LogP contribution in [0.15, 0.2) is 22.8 Å². The van der Waals surface area contributed by atoms with Gasteiger partial charge in [0.25, 0.3) is 0 Å². The zero-order valence-corrected chi connectivity index (χ0v) is 13.7. The predicted molar refractivity (Wildman–Crippen MR) is 81.6 cm³/mol. The number of aliphatic carboxylic acids is 1. The van der Waals surface area contributed by atoms with Gasteiger partial charge in [-0.25, -0.2) is 0 Å². The van der Waals surface area contributed by atoms with Gasteiger partial charge in [0.15, 0.2) is 0 Å². The van der Waals surface area contributed by atoms with Crippen molar-refractivity contribution in [2.45, 2.75) is 45.2 Å². The van der Waals surface area contributed by atoms with Crippen molar-refractivity contribution in [3.05, 3.63) is 28.5 Å².